The fraction of sp³-hybridized carbons (Fsp3) is 0.176. The van der Waals surface area contributed by atoms with Gasteiger partial charge in [0.05, 0.1) is 11.3 Å². The minimum Gasteiger partial charge on any atom is -0.484 e. The number of ether oxygens (including phenoxy) is 1. The van der Waals surface area contributed by atoms with Crippen LogP contribution in [0.4, 0.5) is 24.5 Å². The molecule has 132 valence electrons. The van der Waals surface area contributed by atoms with Gasteiger partial charge < -0.3 is 15.4 Å². The maximum absolute atomic E-state index is 12.9. The molecule has 0 atom stereocenters. The van der Waals surface area contributed by atoms with Gasteiger partial charge in [0, 0.05) is 12.6 Å². The molecule has 0 aliphatic carbocycles. The number of halogens is 3. The molecule has 8 heteroatoms. The maximum Gasteiger partial charge on any atom is 0.418 e. The predicted molar refractivity (Wildman–Crippen MR) is 86.3 cm³/mol. The minimum absolute atomic E-state index is 0.226. The molecule has 2 aromatic carbocycles. The van der Waals surface area contributed by atoms with Gasteiger partial charge in [0.1, 0.15) is 5.75 Å². The molecule has 0 aliphatic rings. The molecule has 0 fully saturated rings. The van der Waals surface area contributed by atoms with Gasteiger partial charge in [0.25, 0.3) is 5.91 Å². The van der Waals surface area contributed by atoms with E-state index in [1.807, 2.05) is 0 Å². The van der Waals surface area contributed by atoms with Crippen molar-refractivity contribution >= 4 is 23.2 Å². The summed E-state index contributed by atoms with van der Waals surface area (Å²) < 4.78 is 43.8. The molecule has 0 spiro atoms. The lowest BCUT2D eigenvalue weighted by atomic mass is 10.1. The van der Waals surface area contributed by atoms with E-state index in [2.05, 4.69) is 10.6 Å². The van der Waals surface area contributed by atoms with Crippen LogP contribution in [0.3, 0.4) is 0 Å². The highest BCUT2D eigenvalue weighted by Gasteiger charge is 2.33. The molecule has 25 heavy (non-hydrogen) atoms. The molecule has 0 heterocycles. The van der Waals surface area contributed by atoms with E-state index in [1.54, 1.807) is 12.1 Å². The van der Waals surface area contributed by atoms with Crippen LogP contribution in [0.1, 0.15) is 12.5 Å². The normalized spacial score (nSPS) is 10.9. The van der Waals surface area contributed by atoms with Gasteiger partial charge in [-0.1, -0.05) is 12.1 Å². The Kier molecular flexibility index (Phi) is 5.63. The number of amides is 2. The van der Waals surface area contributed by atoms with E-state index in [-0.39, 0.29) is 11.6 Å². The number of benzene rings is 2. The van der Waals surface area contributed by atoms with Crippen LogP contribution < -0.4 is 15.4 Å². The average Bonchev–Trinajstić information content (AvgIpc) is 2.53. The Bertz CT molecular complexity index is 758. The van der Waals surface area contributed by atoms with Crippen molar-refractivity contribution in [3.63, 3.8) is 0 Å². The highest BCUT2D eigenvalue weighted by atomic mass is 19.4. The van der Waals surface area contributed by atoms with Gasteiger partial charge in [-0.3, -0.25) is 9.59 Å². The minimum atomic E-state index is -4.57. The SMILES string of the molecule is CC(=O)Nc1ccc(OCC(=O)Nc2ccccc2C(F)(F)F)cc1. The molecule has 0 saturated carbocycles. The molecular weight excluding hydrogens is 337 g/mol. The molecular formula is C17H15F3N2O3. The number of carbonyl (C=O) groups is 2. The summed E-state index contributed by atoms with van der Waals surface area (Å²) in [6.45, 7) is 0.916. The quantitative estimate of drug-likeness (QED) is 0.863. The van der Waals surface area contributed by atoms with E-state index in [0.717, 1.165) is 6.07 Å². The van der Waals surface area contributed by atoms with Crippen molar-refractivity contribution in [1.29, 1.82) is 0 Å². The topological polar surface area (TPSA) is 67.4 Å². The second-order valence-corrected chi connectivity index (χ2v) is 5.09. The number of anilines is 2. The highest BCUT2D eigenvalue weighted by Crippen LogP contribution is 2.34. The van der Waals surface area contributed by atoms with Crippen molar-refractivity contribution in [2.75, 3.05) is 17.2 Å². The monoisotopic (exact) mass is 352 g/mol. The zero-order valence-corrected chi connectivity index (χ0v) is 13.2. The summed E-state index contributed by atoms with van der Waals surface area (Å²) in [5.74, 6) is -0.604. The highest BCUT2D eigenvalue weighted by molar-refractivity contribution is 5.92. The van der Waals surface area contributed by atoms with E-state index >= 15 is 0 Å². The van der Waals surface area contributed by atoms with E-state index in [0.29, 0.717) is 11.4 Å². The number of alkyl halides is 3. The van der Waals surface area contributed by atoms with Crippen LogP contribution >= 0.6 is 0 Å². The first-order valence-corrected chi connectivity index (χ1v) is 7.22. The third-order valence-electron chi connectivity index (χ3n) is 3.05. The lowest BCUT2D eigenvalue weighted by molar-refractivity contribution is -0.137. The van der Waals surface area contributed by atoms with Crippen molar-refractivity contribution < 1.29 is 27.5 Å². The molecule has 2 aromatic rings. The van der Waals surface area contributed by atoms with E-state index in [4.69, 9.17) is 4.74 Å². The fourth-order valence-electron chi connectivity index (χ4n) is 2.01. The largest absolute Gasteiger partial charge is 0.484 e. The molecule has 2 N–H and O–H groups in total. The van der Waals surface area contributed by atoms with Crippen molar-refractivity contribution in [2.24, 2.45) is 0 Å². The number of carbonyl (C=O) groups excluding carboxylic acids is 2. The average molecular weight is 352 g/mol. The summed E-state index contributed by atoms with van der Waals surface area (Å²) in [5.41, 5.74) is -0.698. The first-order valence-electron chi connectivity index (χ1n) is 7.22. The molecule has 2 rings (SSSR count). The van der Waals surface area contributed by atoms with Crippen LogP contribution in [0.2, 0.25) is 0 Å². The van der Waals surface area contributed by atoms with Crippen LogP contribution in [-0.4, -0.2) is 18.4 Å². The van der Waals surface area contributed by atoms with Crippen LogP contribution in [0.15, 0.2) is 48.5 Å². The van der Waals surface area contributed by atoms with Gasteiger partial charge in [0.15, 0.2) is 6.61 Å². The third kappa shape index (κ3) is 5.52. The van der Waals surface area contributed by atoms with Gasteiger partial charge in [-0.25, -0.2) is 0 Å². The molecule has 2 amide bonds. The number of nitrogens with one attached hydrogen (secondary N) is 2. The smallest absolute Gasteiger partial charge is 0.418 e. The molecule has 0 bridgehead atoms. The zero-order chi connectivity index (χ0) is 18.4. The second-order valence-electron chi connectivity index (χ2n) is 5.09. The van der Waals surface area contributed by atoms with Crippen molar-refractivity contribution in [1.82, 2.24) is 0 Å². The van der Waals surface area contributed by atoms with Crippen molar-refractivity contribution in [3.05, 3.63) is 54.1 Å². The molecule has 5 nitrogen and oxygen atoms in total. The third-order valence-corrected chi connectivity index (χ3v) is 3.05. The summed E-state index contributed by atoms with van der Waals surface area (Å²) in [6, 6.07) is 10.9. The van der Waals surface area contributed by atoms with Crippen LogP contribution in [0, 0.1) is 0 Å². The Hall–Kier alpha value is -3.03. The van der Waals surface area contributed by atoms with E-state index < -0.39 is 24.3 Å². The number of para-hydroxylation sites is 1. The Morgan fingerprint density at radius 2 is 1.64 bits per heavy atom. The Labute approximate surface area is 141 Å². The van der Waals surface area contributed by atoms with Gasteiger partial charge in [-0.2, -0.15) is 13.2 Å². The Balaban J connectivity index is 1.94. The predicted octanol–water partition coefficient (Wildman–Crippen LogP) is 3.68. The lowest BCUT2D eigenvalue weighted by Gasteiger charge is -2.13. The summed E-state index contributed by atoms with van der Waals surface area (Å²) in [5, 5.41) is 4.75. The van der Waals surface area contributed by atoms with Crippen molar-refractivity contribution in [3.8, 4) is 5.75 Å². The molecule has 0 unspecified atom stereocenters. The molecule has 0 aromatic heterocycles. The molecule has 0 radical (unpaired) electrons. The fourth-order valence-corrected chi connectivity index (χ4v) is 2.01. The zero-order valence-electron chi connectivity index (χ0n) is 13.2. The standard InChI is InChI=1S/C17H15F3N2O3/c1-11(23)21-12-6-8-13(9-7-12)25-10-16(24)22-15-5-3-2-4-14(15)17(18,19)20/h2-9H,10H2,1H3,(H,21,23)(H,22,24). The Morgan fingerprint density at radius 3 is 2.24 bits per heavy atom. The number of hydrogen-bond donors (Lipinski definition) is 2. The summed E-state index contributed by atoms with van der Waals surface area (Å²) in [7, 11) is 0. The number of hydrogen-bond acceptors (Lipinski definition) is 3. The van der Waals surface area contributed by atoms with Crippen LogP contribution in [0.25, 0.3) is 0 Å². The molecule has 0 aliphatic heterocycles. The van der Waals surface area contributed by atoms with Gasteiger partial charge in [0.2, 0.25) is 5.91 Å². The summed E-state index contributed by atoms with van der Waals surface area (Å²) in [6.07, 6.45) is -4.57. The van der Waals surface area contributed by atoms with Crippen LogP contribution in [0.5, 0.6) is 5.75 Å². The van der Waals surface area contributed by atoms with Crippen LogP contribution in [-0.2, 0) is 15.8 Å². The maximum atomic E-state index is 12.9. The number of rotatable bonds is 5. The molecule has 0 saturated heterocycles. The summed E-state index contributed by atoms with van der Waals surface area (Å²) >= 11 is 0. The van der Waals surface area contributed by atoms with E-state index in [9.17, 15) is 22.8 Å². The van der Waals surface area contributed by atoms with Gasteiger partial charge >= 0.3 is 6.18 Å². The van der Waals surface area contributed by atoms with Gasteiger partial charge in [-0.15, -0.1) is 0 Å². The first-order chi connectivity index (χ1) is 11.8. The summed E-state index contributed by atoms with van der Waals surface area (Å²) in [4.78, 5) is 22.7. The first kappa shape index (κ1) is 18.3. The van der Waals surface area contributed by atoms with Crippen molar-refractivity contribution in [2.45, 2.75) is 13.1 Å². The Morgan fingerprint density at radius 1 is 1.00 bits per heavy atom. The van der Waals surface area contributed by atoms with E-state index in [1.165, 1.54) is 37.3 Å². The lowest BCUT2D eigenvalue weighted by Crippen LogP contribution is -2.22. The second kappa shape index (κ2) is 7.69. The van der Waals surface area contributed by atoms with Gasteiger partial charge in [-0.05, 0) is 36.4 Å².